The Kier molecular flexibility index (Phi) is 7.86. The maximum Gasteiger partial charge on any atom is 0.271 e. The molecule has 0 bridgehead atoms. The molecular weight excluding hydrogens is 568 g/mol. The number of carbonyl (C=O) groups is 1. The quantitative estimate of drug-likeness (QED) is 0.213. The van der Waals surface area contributed by atoms with Crippen LogP contribution < -0.4 is 19.6 Å². The number of aromatic nitrogens is 2. The van der Waals surface area contributed by atoms with Gasteiger partial charge in [-0.2, -0.15) is 0 Å². The smallest absolute Gasteiger partial charge is 0.271 e. The normalized spacial score (nSPS) is 15.0. The molecule has 0 radical (unpaired) electrons. The van der Waals surface area contributed by atoms with Gasteiger partial charge < -0.3 is 14.2 Å². The van der Waals surface area contributed by atoms with Crippen molar-refractivity contribution in [3.05, 3.63) is 121 Å². The van der Waals surface area contributed by atoms with Crippen molar-refractivity contribution in [2.75, 3.05) is 20.2 Å². The third-order valence-electron chi connectivity index (χ3n) is 8.59. The van der Waals surface area contributed by atoms with E-state index in [4.69, 9.17) is 9.73 Å². The Balaban J connectivity index is 1.68. The highest BCUT2D eigenvalue weighted by Gasteiger charge is 2.36. The maximum absolute atomic E-state index is 14.6. The lowest BCUT2D eigenvalue weighted by Crippen LogP contribution is -2.43. The zero-order valence-corrected chi connectivity index (χ0v) is 26.6. The fraction of sp³-hybridized carbons (Fsp3) is 0.250. The van der Waals surface area contributed by atoms with E-state index in [2.05, 4.69) is 30.2 Å². The van der Waals surface area contributed by atoms with Crippen LogP contribution in [0.2, 0.25) is 0 Å². The van der Waals surface area contributed by atoms with Crippen LogP contribution in [0.5, 0.6) is 5.75 Å². The van der Waals surface area contributed by atoms with E-state index in [1.807, 2.05) is 81.5 Å². The Bertz CT molecular complexity index is 2160. The number of allylic oxidation sites excluding steroid dienone is 2. The molecule has 224 valence electrons. The number of carbonyl (C=O) groups excluding carboxylic acids is 1. The molecule has 0 saturated carbocycles. The van der Waals surface area contributed by atoms with Crippen molar-refractivity contribution < 1.29 is 9.53 Å². The third-order valence-corrected chi connectivity index (χ3v) is 9.58. The summed E-state index contributed by atoms with van der Waals surface area (Å²) >= 11 is 1.35. The van der Waals surface area contributed by atoms with Crippen molar-refractivity contribution >= 4 is 45.0 Å². The number of fused-ring (bicyclic) bond motifs is 3. The molecule has 1 atom stereocenters. The van der Waals surface area contributed by atoms with Gasteiger partial charge in [-0.1, -0.05) is 65.9 Å². The van der Waals surface area contributed by atoms with Gasteiger partial charge in [0, 0.05) is 47.4 Å². The summed E-state index contributed by atoms with van der Waals surface area (Å²) in [6.45, 7) is 13.6. The Morgan fingerprint density at radius 2 is 1.75 bits per heavy atom. The minimum absolute atomic E-state index is 0.131. The number of thiazole rings is 1. The molecule has 1 aliphatic rings. The van der Waals surface area contributed by atoms with E-state index < -0.39 is 6.04 Å². The monoisotopic (exact) mass is 604 g/mol. The van der Waals surface area contributed by atoms with Crippen molar-refractivity contribution in [1.29, 1.82) is 0 Å². The molecule has 0 spiro atoms. The summed E-state index contributed by atoms with van der Waals surface area (Å²) in [7, 11) is 1.63. The number of hydrogen-bond donors (Lipinski definition) is 0. The van der Waals surface area contributed by atoms with Crippen LogP contribution in [0.3, 0.4) is 0 Å². The van der Waals surface area contributed by atoms with Crippen molar-refractivity contribution in [3.8, 4) is 5.75 Å². The van der Waals surface area contributed by atoms with Crippen LogP contribution in [0.1, 0.15) is 43.6 Å². The number of amides is 1. The number of hydrogen-bond acceptors (Lipinski definition) is 5. The molecule has 0 saturated heterocycles. The summed E-state index contributed by atoms with van der Waals surface area (Å²) in [5.74, 6) is 0.486. The fourth-order valence-electron chi connectivity index (χ4n) is 6.42. The summed E-state index contributed by atoms with van der Waals surface area (Å²) in [6, 6.07) is 19.4. The van der Waals surface area contributed by atoms with Gasteiger partial charge >= 0.3 is 0 Å². The predicted octanol–water partition coefficient (Wildman–Crippen LogP) is 5.71. The van der Waals surface area contributed by atoms with Crippen LogP contribution in [-0.4, -0.2) is 40.1 Å². The number of benzene rings is 3. The summed E-state index contributed by atoms with van der Waals surface area (Å²) in [4.78, 5) is 36.0. The molecular formula is C36H36N4O3S. The molecule has 6 rings (SSSR count). The molecule has 0 N–H and O–H groups in total. The molecule has 1 amide bonds. The van der Waals surface area contributed by atoms with Crippen LogP contribution in [-0.2, 0) is 11.3 Å². The topological polar surface area (TPSA) is 68.8 Å². The van der Waals surface area contributed by atoms with Gasteiger partial charge in [0.25, 0.3) is 11.5 Å². The molecule has 1 aliphatic heterocycles. The maximum atomic E-state index is 14.6. The van der Waals surface area contributed by atoms with E-state index >= 15 is 0 Å². The minimum Gasteiger partial charge on any atom is -0.496 e. The van der Waals surface area contributed by atoms with Crippen LogP contribution in [0.25, 0.3) is 27.8 Å². The Hall–Kier alpha value is -4.69. The molecule has 3 heterocycles. The summed E-state index contributed by atoms with van der Waals surface area (Å²) in [5, 5.41) is 2.99. The number of likely N-dealkylation sites (N-methyl/N-ethyl adjacent to an activating group) is 1. The zero-order valence-electron chi connectivity index (χ0n) is 25.8. The first-order chi connectivity index (χ1) is 21.3. The Labute approximate surface area is 260 Å². The van der Waals surface area contributed by atoms with E-state index in [-0.39, 0.29) is 11.5 Å². The predicted molar refractivity (Wildman–Crippen MR) is 179 cm³/mol. The Morgan fingerprint density at radius 1 is 1.05 bits per heavy atom. The van der Waals surface area contributed by atoms with Gasteiger partial charge in [-0.05, 0) is 56.7 Å². The third kappa shape index (κ3) is 4.61. The number of para-hydroxylation sites is 1. The highest BCUT2D eigenvalue weighted by atomic mass is 32.1. The second-order valence-electron chi connectivity index (χ2n) is 10.9. The summed E-state index contributed by atoms with van der Waals surface area (Å²) in [6.07, 6.45) is 3.86. The second-order valence-corrected chi connectivity index (χ2v) is 11.9. The highest BCUT2D eigenvalue weighted by Crippen LogP contribution is 2.40. The molecule has 0 fully saturated rings. The SMILES string of the molecule is C=CCn1c(C)c(/C=c2/sc3n(c2=O)[C@@H](c2c(OC)ccc4ccccc24)C(C(=O)N(CC)CC)=C(C)N=3)c2ccccc21. The average Bonchev–Trinajstić information content (AvgIpc) is 3.48. The molecule has 5 aromatic rings. The van der Waals surface area contributed by atoms with Crippen LogP contribution >= 0.6 is 11.3 Å². The minimum atomic E-state index is -0.717. The number of methoxy groups -OCH3 is 1. The zero-order chi connectivity index (χ0) is 31.1. The highest BCUT2D eigenvalue weighted by molar-refractivity contribution is 7.07. The van der Waals surface area contributed by atoms with Gasteiger partial charge in [-0.3, -0.25) is 14.2 Å². The van der Waals surface area contributed by atoms with Gasteiger partial charge in [0.1, 0.15) is 11.8 Å². The van der Waals surface area contributed by atoms with E-state index in [1.54, 1.807) is 16.6 Å². The first-order valence-corrected chi connectivity index (χ1v) is 15.7. The number of rotatable bonds is 8. The van der Waals surface area contributed by atoms with Crippen LogP contribution in [0.15, 0.2) is 94.4 Å². The first kappa shape index (κ1) is 29.4. The lowest BCUT2D eigenvalue weighted by Gasteiger charge is -2.30. The van der Waals surface area contributed by atoms with Crippen LogP contribution in [0, 0.1) is 6.92 Å². The van der Waals surface area contributed by atoms with Crippen LogP contribution in [0.4, 0.5) is 0 Å². The van der Waals surface area contributed by atoms with E-state index in [9.17, 15) is 9.59 Å². The van der Waals surface area contributed by atoms with E-state index in [1.165, 1.54) is 11.3 Å². The van der Waals surface area contributed by atoms with Gasteiger partial charge in [-0.25, -0.2) is 4.99 Å². The molecule has 0 aliphatic carbocycles. The van der Waals surface area contributed by atoms with Crippen molar-refractivity contribution in [2.24, 2.45) is 4.99 Å². The lowest BCUT2D eigenvalue weighted by atomic mass is 9.90. The van der Waals surface area contributed by atoms with Crippen molar-refractivity contribution in [1.82, 2.24) is 14.0 Å². The molecule has 8 heteroatoms. The number of ether oxygens (including phenoxy) is 1. The standard InChI is InChI=1S/C36H36N4O3S/c1-7-20-39-23(5)27(26-16-12-13-17-28(26)39)21-30-34(41)40-33(32-25-15-11-10-14-24(25)18-19-29(32)43-6)31(22(4)37-36(40)44-30)35(42)38(8-2)9-3/h7,10-19,21,33H,1,8-9,20H2,2-6H3/b30-21+/t33-/m1/s1. The molecule has 3 aromatic carbocycles. The van der Waals surface area contributed by atoms with E-state index in [0.717, 1.165) is 38.5 Å². The number of nitrogens with zero attached hydrogens (tertiary/aromatic N) is 4. The fourth-order valence-corrected chi connectivity index (χ4v) is 7.45. The second kappa shape index (κ2) is 11.8. The van der Waals surface area contributed by atoms with Gasteiger partial charge in [0.2, 0.25) is 0 Å². The van der Waals surface area contributed by atoms with Gasteiger partial charge in [-0.15, -0.1) is 6.58 Å². The van der Waals surface area contributed by atoms with Gasteiger partial charge in [0.15, 0.2) is 4.80 Å². The molecule has 7 nitrogen and oxygen atoms in total. The average molecular weight is 605 g/mol. The lowest BCUT2D eigenvalue weighted by molar-refractivity contribution is -0.127. The summed E-state index contributed by atoms with van der Waals surface area (Å²) in [5.41, 5.74) is 4.81. The Morgan fingerprint density at radius 3 is 2.45 bits per heavy atom. The molecule has 44 heavy (non-hydrogen) atoms. The van der Waals surface area contributed by atoms with E-state index in [0.29, 0.717) is 46.0 Å². The largest absolute Gasteiger partial charge is 0.496 e. The molecule has 0 unspecified atom stereocenters. The first-order valence-electron chi connectivity index (χ1n) is 14.9. The van der Waals surface area contributed by atoms with Crippen molar-refractivity contribution in [2.45, 2.75) is 40.3 Å². The molecule has 2 aromatic heterocycles. The van der Waals surface area contributed by atoms with Gasteiger partial charge in [0.05, 0.1) is 22.9 Å². The van der Waals surface area contributed by atoms with Crippen molar-refractivity contribution in [3.63, 3.8) is 0 Å². The summed E-state index contributed by atoms with van der Waals surface area (Å²) < 4.78 is 10.4.